The van der Waals surface area contributed by atoms with Crippen molar-refractivity contribution in [2.45, 2.75) is 25.9 Å². The molecule has 1 N–H and O–H groups in total. The molecular weight excluding hydrogens is 225 g/mol. The molecule has 0 fully saturated rings. The lowest BCUT2D eigenvalue weighted by molar-refractivity contribution is -0.143. The van der Waals surface area contributed by atoms with Crippen LogP contribution in [0, 0.1) is 0 Å². The monoisotopic (exact) mass is 238 g/mol. The molecule has 1 rings (SSSR count). The summed E-state index contributed by atoms with van der Waals surface area (Å²) in [5.74, 6) is 0. The molecule has 0 bridgehead atoms. The van der Waals surface area contributed by atoms with Gasteiger partial charge in [-0.2, -0.15) is 13.2 Å². The first-order valence-corrected chi connectivity index (χ1v) is 4.59. The molecule has 0 amide bonds. The molecule has 92 valence electrons. The van der Waals surface area contributed by atoms with Crippen LogP contribution < -0.4 is 5.32 Å². The molecule has 0 unspecified atom stereocenters. The third-order valence-electron chi connectivity index (χ3n) is 1.87. The van der Waals surface area contributed by atoms with E-state index in [9.17, 15) is 13.2 Å². The Morgan fingerprint density at radius 2 is 2.12 bits per heavy atom. The van der Waals surface area contributed by atoms with Crippen LogP contribution in [0.5, 0.6) is 0 Å². The molecule has 0 saturated carbocycles. The molecule has 0 atom stereocenters. The van der Waals surface area contributed by atoms with Gasteiger partial charge in [-0.15, -0.1) is 5.10 Å². The number of alkyl halides is 3. The summed E-state index contributed by atoms with van der Waals surface area (Å²) in [6.07, 6.45) is -4.31. The van der Waals surface area contributed by atoms with E-state index in [0.717, 1.165) is 4.68 Å². The summed E-state index contributed by atoms with van der Waals surface area (Å²) in [4.78, 5) is 0. The SMILES string of the molecule is CNCc1nnn(CC(F)(F)F)c1COC. The van der Waals surface area contributed by atoms with E-state index in [1.54, 1.807) is 7.05 Å². The third kappa shape index (κ3) is 3.46. The second kappa shape index (κ2) is 5.26. The maximum absolute atomic E-state index is 12.2. The Bertz CT molecular complexity index is 337. The molecule has 0 spiro atoms. The molecule has 0 aliphatic heterocycles. The van der Waals surface area contributed by atoms with Crippen LogP contribution in [0.4, 0.5) is 13.2 Å². The summed E-state index contributed by atoms with van der Waals surface area (Å²) < 4.78 is 42.3. The lowest BCUT2D eigenvalue weighted by atomic mass is 10.3. The van der Waals surface area contributed by atoms with E-state index in [4.69, 9.17) is 4.74 Å². The maximum atomic E-state index is 12.2. The predicted molar refractivity (Wildman–Crippen MR) is 49.6 cm³/mol. The van der Waals surface area contributed by atoms with Crippen molar-refractivity contribution in [2.75, 3.05) is 14.2 Å². The standard InChI is InChI=1S/C8H13F3N4O/c1-12-3-6-7(4-16-2)15(14-13-6)5-8(9,10)11/h12H,3-5H2,1-2H3. The first kappa shape index (κ1) is 12.9. The first-order valence-electron chi connectivity index (χ1n) is 4.59. The van der Waals surface area contributed by atoms with Gasteiger partial charge in [0, 0.05) is 13.7 Å². The minimum atomic E-state index is -4.31. The van der Waals surface area contributed by atoms with Crippen LogP contribution in [0.3, 0.4) is 0 Å². The van der Waals surface area contributed by atoms with Crippen molar-refractivity contribution in [1.29, 1.82) is 0 Å². The Morgan fingerprint density at radius 3 is 2.62 bits per heavy atom. The zero-order valence-corrected chi connectivity index (χ0v) is 9.01. The highest BCUT2D eigenvalue weighted by molar-refractivity contribution is 5.09. The minimum absolute atomic E-state index is 0.0556. The van der Waals surface area contributed by atoms with Gasteiger partial charge in [-0.1, -0.05) is 5.21 Å². The van der Waals surface area contributed by atoms with Gasteiger partial charge in [-0.05, 0) is 7.05 Å². The van der Waals surface area contributed by atoms with Gasteiger partial charge in [0.05, 0.1) is 12.3 Å². The predicted octanol–water partition coefficient (Wildman–Crippen LogP) is 0.706. The van der Waals surface area contributed by atoms with Crippen LogP contribution in [0.25, 0.3) is 0 Å². The van der Waals surface area contributed by atoms with Crippen molar-refractivity contribution < 1.29 is 17.9 Å². The van der Waals surface area contributed by atoms with Crippen molar-refractivity contribution in [3.8, 4) is 0 Å². The van der Waals surface area contributed by atoms with Gasteiger partial charge in [0.15, 0.2) is 0 Å². The normalized spacial score (nSPS) is 12.1. The molecule has 5 nitrogen and oxygen atoms in total. The van der Waals surface area contributed by atoms with Crippen LogP contribution in [0.1, 0.15) is 11.4 Å². The van der Waals surface area contributed by atoms with Crippen LogP contribution in [-0.4, -0.2) is 35.3 Å². The summed E-state index contributed by atoms with van der Waals surface area (Å²) >= 11 is 0. The van der Waals surface area contributed by atoms with Crippen molar-refractivity contribution in [3.05, 3.63) is 11.4 Å². The van der Waals surface area contributed by atoms with Gasteiger partial charge in [0.25, 0.3) is 0 Å². The molecule has 0 radical (unpaired) electrons. The molecule has 1 aromatic rings. The average molecular weight is 238 g/mol. The fourth-order valence-electron chi connectivity index (χ4n) is 1.26. The van der Waals surface area contributed by atoms with Crippen molar-refractivity contribution in [2.24, 2.45) is 0 Å². The molecule has 0 aromatic carbocycles. The summed E-state index contributed by atoms with van der Waals surface area (Å²) in [7, 11) is 3.09. The number of nitrogens with one attached hydrogen (secondary N) is 1. The van der Waals surface area contributed by atoms with Gasteiger partial charge in [0.1, 0.15) is 12.2 Å². The summed E-state index contributed by atoms with van der Waals surface area (Å²) in [6, 6.07) is 0. The van der Waals surface area contributed by atoms with Gasteiger partial charge in [-0.3, -0.25) is 0 Å². The van der Waals surface area contributed by atoms with Crippen LogP contribution in [0.2, 0.25) is 0 Å². The first-order chi connectivity index (χ1) is 7.48. The van der Waals surface area contributed by atoms with E-state index in [1.165, 1.54) is 7.11 Å². The van der Waals surface area contributed by atoms with Crippen molar-refractivity contribution in [3.63, 3.8) is 0 Å². The van der Waals surface area contributed by atoms with E-state index in [-0.39, 0.29) is 6.61 Å². The number of hydrogen-bond donors (Lipinski definition) is 1. The molecule has 1 aromatic heterocycles. The zero-order valence-electron chi connectivity index (χ0n) is 9.01. The number of nitrogens with zero attached hydrogens (tertiary/aromatic N) is 3. The smallest absolute Gasteiger partial charge is 0.378 e. The number of halogens is 3. The van der Waals surface area contributed by atoms with Gasteiger partial charge in [0.2, 0.25) is 0 Å². The maximum Gasteiger partial charge on any atom is 0.408 e. The molecule has 8 heteroatoms. The van der Waals surface area contributed by atoms with Gasteiger partial charge >= 0.3 is 6.18 Å². The molecule has 0 aliphatic rings. The van der Waals surface area contributed by atoms with E-state index >= 15 is 0 Å². The highest BCUT2D eigenvalue weighted by atomic mass is 19.4. The molecule has 0 saturated heterocycles. The number of rotatable bonds is 5. The summed E-state index contributed by atoms with van der Waals surface area (Å²) in [5.41, 5.74) is 0.808. The van der Waals surface area contributed by atoms with Gasteiger partial charge < -0.3 is 10.1 Å². The Balaban J connectivity index is 2.90. The molecule has 1 heterocycles. The topological polar surface area (TPSA) is 52.0 Å². The quantitative estimate of drug-likeness (QED) is 0.820. The fourth-order valence-corrected chi connectivity index (χ4v) is 1.26. The van der Waals surface area contributed by atoms with Crippen molar-refractivity contribution >= 4 is 0 Å². The third-order valence-corrected chi connectivity index (χ3v) is 1.87. The molecular formula is C8H13F3N4O. The Labute approximate surface area is 90.6 Å². The van der Waals surface area contributed by atoms with Crippen LogP contribution in [-0.2, 0) is 24.4 Å². The number of aromatic nitrogens is 3. The Morgan fingerprint density at radius 1 is 1.44 bits per heavy atom. The number of hydrogen-bond acceptors (Lipinski definition) is 4. The Hall–Kier alpha value is -1.15. The second-order valence-electron chi connectivity index (χ2n) is 3.22. The van der Waals surface area contributed by atoms with E-state index in [2.05, 4.69) is 15.6 Å². The average Bonchev–Trinajstić information content (AvgIpc) is 2.49. The highest BCUT2D eigenvalue weighted by Gasteiger charge is 2.30. The van der Waals surface area contributed by atoms with E-state index < -0.39 is 12.7 Å². The minimum Gasteiger partial charge on any atom is -0.378 e. The van der Waals surface area contributed by atoms with Crippen LogP contribution >= 0.6 is 0 Å². The molecule has 0 aliphatic carbocycles. The number of ether oxygens (including phenoxy) is 1. The highest BCUT2D eigenvalue weighted by Crippen LogP contribution is 2.19. The lowest BCUT2D eigenvalue weighted by Gasteiger charge is -2.09. The zero-order chi connectivity index (χ0) is 12.2. The largest absolute Gasteiger partial charge is 0.408 e. The van der Waals surface area contributed by atoms with E-state index in [0.29, 0.717) is 17.9 Å². The van der Waals surface area contributed by atoms with Gasteiger partial charge in [-0.25, -0.2) is 4.68 Å². The van der Waals surface area contributed by atoms with Crippen molar-refractivity contribution in [1.82, 2.24) is 20.3 Å². The number of methoxy groups -OCH3 is 1. The van der Waals surface area contributed by atoms with E-state index in [1.807, 2.05) is 0 Å². The Kier molecular flexibility index (Phi) is 4.25. The summed E-state index contributed by atoms with van der Waals surface area (Å²) in [5, 5.41) is 9.95. The van der Waals surface area contributed by atoms with Crippen LogP contribution in [0.15, 0.2) is 0 Å². The molecule has 16 heavy (non-hydrogen) atoms. The lowest BCUT2D eigenvalue weighted by Crippen LogP contribution is -2.21. The second-order valence-corrected chi connectivity index (χ2v) is 3.22. The fraction of sp³-hybridized carbons (Fsp3) is 0.750. The summed E-state index contributed by atoms with van der Waals surface area (Å²) in [6.45, 7) is -0.737.